The molecule has 0 radical (unpaired) electrons. The number of primary amides is 1. The van der Waals surface area contributed by atoms with Crippen molar-refractivity contribution in [3.63, 3.8) is 0 Å². The van der Waals surface area contributed by atoms with Gasteiger partial charge in [0.05, 0.1) is 11.6 Å². The van der Waals surface area contributed by atoms with Gasteiger partial charge >= 0.3 is 0 Å². The Labute approximate surface area is 139 Å². The van der Waals surface area contributed by atoms with Crippen LogP contribution in [0.1, 0.15) is 57.3 Å². The van der Waals surface area contributed by atoms with Crippen LogP contribution < -0.4 is 17.2 Å². The molecule has 1 fully saturated rings. The molecule has 8 heteroatoms. The Morgan fingerprint density at radius 3 is 2.42 bits per heavy atom. The molecule has 1 aliphatic heterocycles. The number of Topliss-reactive ketones (excluding diaryl/α,β-unsaturated/α-hetero) is 2. The van der Waals surface area contributed by atoms with Crippen molar-refractivity contribution < 1.29 is 19.6 Å². The molecule has 1 saturated heterocycles. The minimum absolute atomic E-state index is 0.00373. The molecule has 1 aromatic carbocycles. The Kier molecular flexibility index (Phi) is 5.14. The van der Waals surface area contributed by atoms with Gasteiger partial charge in [-0.1, -0.05) is 19.1 Å². The fourth-order valence-electron chi connectivity index (χ4n) is 2.80. The summed E-state index contributed by atoms with van der Waals surface area (Å²) in [6.45, 7) is 1.99. The van der Waals surface area contributed by atoms with Crippen molar-refractivity contribution in [1.29, 1.82) is 0 Å². The Hall–Kier alpha value is -2.13. The first-order valence-corrected chi connectivity index (χ1v) is 7.75. The van der Waals surface area contributed by atoms with Crippen molar-refractivity contribution in [2.24, 2.45) is 17.2 Å². The highest BCUT2D eigenvalue weighted by molar-refractivity contribution is 6.18. The van der Waals surface area contributed by atoms with Crippen molar-refractivity contribution in [1.82, 2.24) is 5.06 Å². The molecular weight excluding hydrogens is 312 g/mol. The van der Waals surface area contributed by atoms with Crippen LogP contribution in [0.25, 0.3) is 0 Å². The van der Waals surface area contributed by atoms with Crippen LogP contribution in [-0.2, 0) is 0 Å². The van der Waals surface area contributed by atoms with E-state index in [9.17, 15) is 19.6 Å². The predicted octanol–water partition coefficient (Wildman–Crippen LogP) is 0.0282. The maximum atomic E-state index is 12.8. The van der Waals surface area contributed by atoms with Gasteiger partial charge in [0.2, 0.25) is 5.91 Å². The number of rotatable bonds is 6. The lowest BCUT2D eigenvalue weighted by molar-refractivity contribution is -0.0909. The van der Waals surface area contributed by atoms with Gasteiger partial charge < -0.3 is 22.4 Å². The summed E-state index contributed by atoms with van der Waals surface area (Å²) in [7, 11) is 0. The van der Waals surface area contributed by atoms with Crippen LogP contribution in [-0.4, -0.2) is 46.0 Å². The number of carbonyl (C=O) groups excluding carboxylic acids is 3. The van der Waals surface area contributed by atoms with Crippen LogP contribution in [0.3, 0.4) is 0 Å². The Morgan fingerprint density at radius 1 is 1.29 bits per heavy atom. The number of carbonyl (C=O) groups is 3. The largest absolute Gasteiger partial charge is 0.366 e. The molecule has 8 nitrogen and oxygen atoms in total. The van der Waals surface area contributed by atoms with Crippen LogP contribution in [0.4, 0.5) is 0 Å². The summed E-state index contributed by atoms with van der Waals surface area (Å²) in [6.07, 6.45) is 1.22. The number of hydrogen-bond donors (Lipinski definition) is 4. The van der Waals surface area contributed by atoms with E-state index in [0.29, 0.717) is 19.4 Å². The second kappa shape index (κ2) is 6.78. The zero-order valence-electron chi connectivity index (χ0n) is 13.5. The minimum Gasteiger partial charge on any atom is -0.366 e. The van der Waals surface area contributed by atoms with Crippen molar-refractivity contribution >= 4 is 17.5 Å². The highest BCUT2D eigenvalue weighted by Crippen LogP contribution is 2.25. The van der Waals surface area contributed by atoms with Crippen molar-refractivity contribution in [2.75, 3.05) is 6.54 Å². The number of ketones is 2. The van der Waals surface area contributed by atoms with E-state index in [1.807, 2.05) is 0 Å². The summed E-state index contributed by atoms with van der Waals surface area (Å²) in [6, 6.07) is 3.45. The average molecular weight is 334 g/mol. The van der Waals surface area contributed by atoms with Crippen molar-refractivity contribution in [3.05, 3.63) is 34.9 Å². The van der Waals surface area contributed by atoms with E-state index in [1.165, 1.54) is 18.2 Å². The van der Waals surface area contributed by atoms with E-state index in [4.69, 9.17) is 17.2 Å². The first-order valence-electron chi connectivity index (χ1n) is 7.75. The van der Waals surface area contributed by atoms with E-state index < -0.39 is 29.2 Å². The summed E-state index contributed by atoms with van der Waals surface area (Å²) in [5.41, 5.74) is 15.0. The lowest BCUT2D eigenvalue weighted by atomic mass is 9.86. The normalized spacial score (nSPS) is 18.6. The standard InChI is InChI=1S/C16H22N4O4/c1-2-16(18,19)14(22)12-9(5-3-6-10(12)15(17)23)13(21)11-7-4-8-20(11)24/h3,5-6,11,24H,2,4,7-8,18-19H2,1H3,(H2,17,23). The topological polar surface area (TPSA) is 153 Å². The third-order valence-corrected chi connectivity index (χ3v) is 4.36. The molecule has 24 heavy (non-hydrogen) atoms. The number of hydrogen-bond acceptors (Lipinski definition) is 7. The number of nitrogens with zero attached hydrogens (tertiary/aromatic N) is 1. The molecular formula is C16H22N4O4. The Bertz CT molecular complexity index is 687. The quantitative estimate of drug-likeness (QED) is 0.423. The molecule has 1 atom stereocenters. The van der Waals surface area contributed by atoms with Crippen LogP contribution >= 0.6 is 0 Å². The van der Waals surface area contributed by atoms with Gasteiger partial charge in [-0.2, -0.15) is 5.06 Å². The molecule has 0 aliphatic carbocycles. The molecule has 7 N–H and O–H groups in total. The molecule has 1 aliphatic rings. The van der Waals surface area contributed by atoms with E-state index in [2.05, 4.69) is 0 Å². The molecule has 0 spiro atoms. The molecule has 1 unspecified atom stereocenters. The van der Waals surface area contributed by atoms with Gasteiger partial charge in [0.15, 0.2) is 11.6 Å². The highest BCUT2D eigenvalue weighted by atomic mass is 16.5. The van der Waals surface area contributed by atoms with Crippen LogP contribution in [0.15, 0.2) is 18.2 Å². The third kappa shape index (κ3) is 3.22. The molecule has 1 heterocycles. The van der Waals surface area contributed by atoms with Crippen LogP contribution in [0.2, 0.25) is 0 Å². The van der Waals surface area contributed by atoms with Crippen molar-refractivity contribution in [3.8, 4) is 0 Å². The lowest BCUT2D eigenvalue weighted by Gasteiger charge is -2.24. The van der Waals surface area contributed by atoms with Crippen LogP contribution in [0, 0.1) is 0 Å². The van der Waals surface area contributed by atoms with Gasteiger partial charge in [0.1, 0.15) is 5.66 Å². The molecule has 0 saturated carbocycles. The average Bonchev–Trinajstić information content (AvgIpc) is 2.98. The number of hydroxylamine groups is 2. The second-order valence-corrected chi connectivity index (χ2v) is 6.00. The van der Waals surface area contributed by atoms with Crippen molar-refractivity contribution in [2.45, 2.75) is 37.9 Å². The minimum atomic E-state index is -1.73. The van der Waals surface area contributed by atoms with Crippen LogP contribution in [0.5, 0.6) is 0 Å². The molecule has 0 bridgehead atoms. The highest BCUT2D eigenvalue weighted by Gasteiger charge is 2.37. The summed E-state index contributed by atoms with van der Waals surface area (Å²) < 4.78 is 0. The molecule has 1 amide bonds. The van der Waals surface area contributed by atoms with Gasteiger partial charge in [0, 0.05) is 17.7 Å². The molecule has 130 valence electrons. The summed E-state index contributed by atoms with van der Waals surface area (Å²) >= 11 is 0. The molecule has 2 rings (SSSR count). The molecule has 0 aromatic heterocycles. The fraction of sp³-hybridized carbons (Fsp3) is 0.438. The number of nitrogens with two attached hydrogens (primary N) is 3. The Morgan fingerprint density at radius 2 is 1.92 bits per heavy atom. The maximum absolute atomic E-state index is 12.8. The number of benzene rings is 1. The van der Waals surface area contributed by atoms with E-state index >= 15 is 0 Å². The van der Waals surface area contributed by atoms with Gasteiger partial charge in [-0.25, -0.2) is 0 Å². The van der Waals surface area contributed by atoms with E-state index in [0.717, 1.165) is 5.06 Å². The maximum Gasteiger partial charge on any atom is 0.249 e. The molecule has 1 aromatic rings. The van der Waals surface area contributed by atoms with Gasteiger partial charge in [-0.15, -0.1) is 0 Å². The van der Waals surface area contributed by atoms with Gasteiger partial charge in [-0.05, 0) is 25.3 Å². The lowest BCUT2D eigenvalue weighted by Crippen LogP contribution is -2.56. The third-order valence-electron chi connectivity index (χ3n) is 4.36. The zero-order chi connectivity index (χ0) is 18.1. The fourth-order valence-corrected chi connectivity index (χ4v) is 2.80. The Balaban J connectivity index is 2.60. The predicted molar refractivity (Wildman–Crippen MR) is 86.5 cm³/mol. The van der Waals surface area contributed by atoms with Gasteiger partial charge in [-0.3, -0.25) is 14.4 Å². The second-order valence-electron chi connectivity index (χ2n) is 6.00. The zero-order valence-corrected chi connectivity index (χ0v) is 13.5. The smallest absolute Gasteiger partial charge is 0.249 e. The number of amides is 1. The summed E-state index contributed by atoms with van der Waals surface area (Å²) in [5.74, 6) is -2.05. The van der Waals surface area contributed by atoms with E-state index in [-0.39, 0.29) is 23.1 Å². The van der Waals surface area contributed by atoms with Gasteiger partial charge in [0.25, 0.3) is 0 Å². The SMILES string of the molecule is CCC(N)(N)C(=O)c1c(C(N)=O)cccc1C(=O)C1CCCN1O. The summed E-state index contributed by atoms with van der Waals surface area (Å²) in [4.78, 5) is 37.3. The summed E-state index contributed by atoms with van der Waals surface area (Å²) in [5, 5.41) is 10.8. The monoisotopic (exact) mass is 334 g/mol. The van der Waals surface area contributed by atoms with E-state index in [1.54, 1.807) is 6.92 Å². The first-order chi connectivity index (χ1) is 11.2. The first kappa shape index (κ1) is 18.2.